The first-order valence-corrected chi connectivity index (χ1v) is 8.97. The van der Waals surface area contributed by atoms with Crippen LogP contribution < -0.4 is 9.46 Å². The first-order chi connectivity index (χ1) is 10.3. The number of benzene rings is 1. The van der Waals surface area contributed by atoms with Gasteiger partial charge in [-0.2, -0.15) is 0 Å². The Hall–Kier alpha value is -1.60. The zero-order valence-corrected chi connectivity index (χ0v) is 14.9. The number of ether oxygens (including phenoxy) is 1. The Morgan fingerprint density at radius 1 is 1.23 bits per heavy atom. The highest BCUT2D eigenvalue weighted by Crippen LogP contribution is 2.22. The zero-order valence-electron chi connectivity index (χ0n) is 12.5. The summed E-state index contributed by atoms with van der Waals surface area (Å²) in [5.74, 6) is 0.634. The second kappa shape index (κ2) is 6.66. The van der Waals surface area contributed by atoms with E-state index in [0.29, 0.717) is 16.0 Å². The van der Waals surface area contributed by atoms with E-state index in [4.69, 9.17) is 4.74 Å². The van der Waals surface area contributed by atoms with Gasteiger partial charge in [-0.3, -0.25) is 4.72 Å². The van der Waals surface area contributed by atoms with Crippen LogP contribution in [0.2, 0.25) is 0 Å². The molecule has 1 aromatic heterocycles. The average molecular weight is 385 g/mol. The quantitative estimate of drug-likeness (QED) is 0.797. The molecular weight excluding hydrogens is 368 g/mol. The van der Waals surface area contributed by atoms with Crippen molar-refractivity contribution < 1.29 is 13.2 Å². The van der Waals surface area contributed by atoms with E-state index in [1.807, 2.05) is 20.8 Å². The van der Waals surface area contributed by atoms with Gasteiger partial charge in [0.1, 0.15) is 10.4 Å². The van der Waals surface area contributed by atoms with Crippen LogP contribution in [0.4, 0.5) is 5.69 Å². The molecule has 1 N–H and O–H groups in total. The minimum Gasteiger partial charge on any atom is -0.491 e. The van der Waals surface area contributed by atoms with E-state index in [2.05, 4.69) is 25.6 Å². The van der Waals surface area contributed by atoms with Gasteiger partial charge in [0.05, 0.1) is 22.9 Å². The molecule has 0 saturated carbocycles. The zero-order chi connectivity index (χ0) is 16.3. The highest BCUT2D eigenvalue weighted by atomic mass is 79.9. The molecule has 0 unspecified atom stereocenters. The summed E-state index contributed by atoms with van der Waals surface area (Å²) in [6.07, 6.45) is 1.50. The predicted molar refractivity (Wildman–Crippen MR) is 89.7 cm³/mol. The maximum absolute atomic E-state index is 12.3. The summed E-state index contributed by atoms with van der Waals surface area (Å²) in [7, 11) is -3.65. The molecule has 0 amide bonds. The number of rotatable bonds is 5. The van der Waals surface area contributed by atoms with Crippen molar-refractivity contribution in [1.82, 2.24) is 4.98 Å². The van der Waals surface area contributed by atoms with Crippen LogP contribution in [0.5, 0.6) is 5.75 Å². The number of sulfonamides is 1. The third kappa shape index (κ3) is 4.20. The molecule has 0 fully saturated rings. The van der Waals surface area contributed by atoms with Crippen molar-refractivity contribution in [3.63, 3.8) is 0 Å². The molecule has 7 heteroatoms. The molecule has 5 nitrogen and oxygen atoms in total. The lowest BCUT2D eigenvalue weighted by Gasteiger charge is -2.11. The molecule has 0 atom stereocenters. The van der Waals surface area contributed by atoms with Gasteiger partial charge >= 0.3 is 0 Å². The van der Waals surface area contributed by atoms with E-state index in [1.165, 1.54) is 18.3 Å². The largest absolute Gasteiger partial charge is 0.491 e. The molecular formula is C15H17BrN2O3S. The smallest absolute Gasteiger partial charge is 0.261 e. The summed E-state index contributed by atoms with van der Waals surface area (Å²) >= 11 is 3.28. The van der Waals surface area contributed by atoms with Crippen molar-refractivity contribution in [3.8, 4) is 5.75 Å². The van der Waals surface area contributed by atoms with E-state index in [-0.39, 0.29) is 11.0 Å². The topological polar surface area (TPSA) is 68.3 Å². The molecule has 118 valence electrons. The Labute approximate surface area is 138 Å². The van der Waals surface area contributed by atoms with Crippen molar-refractivity contribution in [2.75, 3.05) is 4.72 Å². The van der Waals surface area contributed by atoms with Crippen LogP contribution in [-0.2, 0) is 10.0 Å². The Morgan fingerprint density at radius 2 is 1.86 bits per heavy atom. The van der Waals surface area contributed by atoms with Crippen molar-refractivity contribution >= 4 is 31.6 Å². The summed E-state index contributed by atoms with van der Waals surface area (Å²) < 4.78 is 33.4. The Balaban J connectivity index is 2.20. The van der Waals surface area contributed by atoms with Crippen LogP contribution in [0.1, 0.15) is 19.4 Å². The predicted octanol–water partition coefficient (Wildman–Crippen LogP) is 3.74. The number of pyridine rings is 1. The van der Waals surface area contributed by atoms with E-state index in [0.717, 1.165) is 5.56 Å². The van der Waals surface area contributed by atoms with Crippen LogP contribution in [0.15, 0.2) is 46.0 Å². The van der Waals surface area contributed by atoms with Gasteiger partial charge in [-0.1, -0.05) is 0 Å². The molecule has 2 aromatic rings. The summed E-state index contributed by atoms with van der Waals surface area (Å²) in [4.78, 5) is 4.24. The number of hydrogen-bond donors (Lipinski definition) is 1. The van der Waals surface area contributed by atoms with E-state index in [1.54, 1.807) is 18.2 Å². The van der Waals surface area contributed by atoms with Crippen molar-refractivity contribution in [3.05, 3.63) is 46.7 Å². The lowest BCUT2D eigenvalue weighted by Crippen LogP contribution is -2.13. The van der Waals surface area contributed by atoms with Gasteiger partial charge in [-0.05, 0) is 72.6 Å². The molecule has 0 aliphatic rings. The monoisotopic (exact) mass is 384 g/mol. The fourth-order valence-electron chi connectivity index (χ4n) is 1.80. The lowest BCUT2D eigenvalue weighted by atomic mass is 10.3. The van der Waals surface area contributed by atoms with Crippen LogP contribution in [0, 0.1) is 6.92 Å². The third-order valence-corrected chi connectivity index (χ3v) is 5.00. The van der Waals surface area contributed by atoms with Crippen LogP contribution in [0.25, 0.3) is 0 Å². The molecule has 0 saturated heterocycles. The summed E-state index contributed by atoms with van der Waals surface area (Å²) in [6.45, 7) is 5.66. The fourth-order valence-corrected chi connectivity index (χ4v) is 3.05. The highest BCUT2D eigenvalue weighted by molar-refractivity contribution is 9.10. The number of hydrogen-bond acceptors (Lipinski definition) is 4. The number of halogens is 1. The van der Waals surface area contributed by atoms with Gasteiger partial charge < -0.3 is 4.74 Å². The van der Waals surface area contributed by atoms with E-state index in [9.17, 15) is 8.42 Å². The number of anilines is 1. The minimum absolute atomic E-state index is 0.0393. The summed E-state index contributed by atoms with van der Waals surface area (Å²) in [6, 6.07) is 8.02. The average Bonchev–Trinajstić information content (AvgIpc) is 2.42. The summed E-state index contributed by atoms with van der Waals surface area (Å²) in [5, 5.41) is 0. The second-order valence-electron chi connectivity index (χ2n) is 5.08. The van der Waals surface area contributed by atoms with Crippen molar-refractivity contribution in [2.45, 2.75) is 31.8 Å². The molecule has 22 heavy (non-hydrogen) atoms. The molecule has 0 bridgehead atoms. The Morgan fingerprint density at radius 3 is 2.41 bits per heavy atom. The molecule has 0 aliphatic heterocycles. The molecule has 0 radical (unpaired) electrons. The second-order valence-corrected chi connectivity index (χ2v) is 7.51. The van der Waals surface area contributed by atoms with Crippen LogP contribution in [0.3, 0.4) is 0 Å². The maximum atomic E-state index is 12.3. The van der Waals surface area contributed by atoms with Crippen LogP contribution >= 0.6 is 15.9 Å². The van der Waals surface area contributed by atoms with Gasteiger partial charge in [-0.25, -0.2) is 13.4 Å². The van der Waals surface area contributed by atoms with Crippen LogP contribution in [-0.4, -0.2) is 19.5 Å². The number of nitrogens with one attached hydrogen (secondary N) is 1. The molecule has 1 heterocycles. The lowest BCUT2D eigenvalue weighted by molar-refractivity contribution is 0.242. The maximum Gasteiger partial charge on any atom is 0.261 e. The molecule has 2 rings (SSSR count). The molecule has 1 aromatic carbocycles. The van der Waals surface area contributed by atoms with E-state index < -0.39 is 10.0 Å². The summed E-state index contributed by atoms with van der Waals surface area (Å²) in [5.41, 5.74) is 1.27. The number of aromatic nitrogens is 1. The SMILES string of the molecule is Cc1cc(NS(=O)(=O)c2ccc(OC(C)C)cc2)cnc1Br. The molecule has 0 spiro atoms. The van der Waals surface area contributed by atoms with Crippen molar-refractivity contribution in [1.29, 1.82) is 0 Å². The Bertz CT molecular complexity index is 759. The van der Waals surface area contributed by atoms with Gasteiger partial charge in [0, 0.05) is 0 Å². The van der Waals surface area contributed by atoms with Gasteiger partial charge in [0.25, 0.3) is 10.0 Å². The van der Waals surface area contributed by atoms with Gasteiger partial charge in [-0.15, -0.1) is 0 Å². The number of aryl methyl sites for hydroxylation is 1. The first kappa shape index (κ1) is 16.8. The first-order valence-electron chi connectivity index (χ1n) is 6.69. The fraction of sp³-hybridized carbons (Fsp3) is 0.267. The standard InChI is InChI=1S/C15H17BrN2O3S/c1-10(2)21-13-4-6-14(7-5-13)22(19,20)18-12-8-11(3)15(16)17-9-12/h4-10,18H,1-3H3. The minimum atomic E-state index is -3.65. The van der Waals surface area contributed by atoms with Gasteiger partial charge in [0.15, 0.2) is 0 Å². The molecule has 0 aliphatic carbocycles. The Kier molecular flexibility index (Phi) is 5.08. The van der Waals surface area contributed by atoms with E-state index >= 15 is 0 Å². The highest BCUT2D eigenvalue weighted by Gasteiger charge is 2.15. The van der Waals surface area contributed by atoms with Gasteiger partial charge in [0.2, 0.25) is 0 Å². The van der Waals surface area contributed by atoms with Crippen molar-refractivity contribution in [2.24, 2.45) is 0 Å². The number of nitrogens with zero attached hydrogens (tertiary/aromatic N) is 1. The normalized spacial score (nSPS) is 11.5. The third-order valence-electron chi connectivity index (χ3n) is 2.77.